The molecular weight excluding hydrogens is 232 g/mol. The highest BCUT2D eigenvalue weighted by atomic mass is 15.2. The predicted octanol–water partition coefficient (Wildman–Crippen LogP) is 4.06. The van der Waals surface area contributed by atoms with E-state index in [0.29, 0.717) is 0 Å². The molecule has 0 aromatic heterocycles. The van der Waals surface area contributed by atoms with Crippen LogP contribution < -0.4 is 5.32 Å². The van der Waals surface area contributed by atoms with E-state index in [9.17, 15) is 0 Å². The molecule has 0 aromatic rings. The average molecular weight is 268 g/mol. The van der Waals surface area contributed by atoms with Gasteiger partial charge < -0.3 is 5.32 Å². The van der Waals surface area contributed by atoms with Crippen LogP contribution in [0.15, 0.2) is 0 Å². The summed E-state index contributed by atoms with van der Waals surface area (Å²) in [4.78, 5) is 2.80. The molecule has 2 unspecified atom stereocenters. The van der Waals surface area contributed by atoms with Crippen molar-refractivity contribution in [2.45, 2.75) is 84.7 Å². The van der Waals surface area contributed by atoms with Crippen molar-refractivity contribution in [2.75, 3.05) is 19.6 Å². The summed E-state index contributed by atoms with van der Waals surface area (Å²) in [5, 5.41) is 3.56. The molecule has 0 bridgehead atoms. The van der Waals surface area contributed by atoms with Gasteiger partial charge in [-0.2, -0.15) is 0 Å². The van der Waals surface area contributed by atoms with Gasteiger partial charge in [0.1, 0.15) is 0 Å². The lowest BCUT2D eigenvalue weighted by Gasteiger charge is -2.35. The summed E-state index contributed by atoms with van der Waals surface area (Å²) >= 11 is 0. The zero-order chi connectivity index (χ0) is 14.1. The average Bonchev–Trinajstić information content (AvgIpc) is 2.62. The fourth-order valence-electron chi connectivity index (χ4n) is 3.30. The van der Waals surface area contributed by atoms with Crippen LogP contribution in [-0.2, 0) is 0 Å². The first-order valence-corrected chi connectivity index (χ1v) is 8.61. The molecule has 1 rings (SSSR count). The lowest BCUT2D eigenvalue weighted by atomic mass is 10.0. The van der Waals surface area contributed by atoms with E-state index in [1.807, 2.05) is 0 Å². The quantitative estimate of drug-likeness (QED) is 0.668. The van der Waals surface area contributed by atoms with Crippen LogP contribution in [0.4, 0.5) is 0 Å². The van der Waals surface area contributed by atoms with E-state index in [1.165, 1.54) is 58.0 Å². The van der Waals surface area contributed by atoms with Crippen molar-refractivity contribution in [1.82, 2.24) is 10.2 Å². The molecule has 2 atom stereocenters. The second kappa shape index (κ2) is 9.77. The normalized spacial score (nSPS) is 23.5. The molecule has 19 heavy (non-hydrogen) atoms. The molecule has 0 spiro atoms. The van der Waals surface area contributed by atoms with Gasteiger partial charge in [-0.25, -0.2) is 0 Å². The second-order valence-corrected chi connectivity index (χ2v) is 6.74. The summed E-state index contributed by atoms with van der Waals surface area (Å²) in [5.74, 6) is 0.771. The second-order valence-electron chi connectivity index (χ2n) is 6.74. The third kappa shape index (κ3) is 6.76. The van der Waals surface area contributed by atoms with Crippen molar-refractivity contribution in [3.05, 3.63) is 0 Å². The molecule has 0 aliphatic carbocycles. The van der Waals surface area contributed by atoms with Gasteiger partial charge in [0.25, 0.3) is 0 Å². The Kier molecular flexibility index (Phi) is 8.72. The zero-order valence-corrected chi connectivity index (χ0v) is 13.8. The lowest BCUT2D eigenvalue weighted by molar-refractivity contribution is 0.134. The molecular formula is C17H36N2. The van der Waals surface area contributed by atoms with E-state index in [4.69, 9.17) is 0 Å². The highest BCUT2D eigenvalue weighted by molar-refractivity contribution is 4.79. The maximum Gasteiger partial charge on any atom is 0.00954 e. The summed E-state index contributed by atoms with van der Waals surface area (Å²) in [6.45, 7) is 13.0. The number of nitrogens with zero attached hydrogens (tertiary/aromatic N) is 1. The Bertz CT molecular complexity index is 215. The molecule has 0 saturated carbocycles. The third-order valence-electron chi connectivity index (χ3n) is 4.49. The highest BCUT2D eigenvalue weighted by Crippen LogP contribution is 2.22. The fourth-order valence-corrected chi connectivity index (χ4v) is 3.30. The largest absolute Gasteiger partial charge is 0.316 e. The Morgan fingerprint density at radius 1 is 1.16 bits per heavy atom. The summed E-state index contributed by atoms with van der Waals surface area (Å²) < 4.78 is 0. The Labute approximate surface area is 121 Å². The van der Waals surface area contributed by atoms with E-state index < -0.39 is 0 Å². The first-order chi connectivity index (χ1) is 9.15. The molecule has 0 radical (unpaired) electrons. The van der Waals surface area contributed by atoms with E-state index >= 15 is 0 Å². The van der Waals surface area contributed by atoms with Crippen LogP contribution >= 0.6 is 0 Å². The lowest BCUT2D eigenvalue weighted by Crippen LogP contribution is -2.41. The van der Waals surface area contributed by atoms with Gasteiger partial charge >= 0.3 is 0 Å². The maximum absolute atomic E-state index is 3.56. The zero-order valence-electron chi connectivity index (χ0n) is 13.8. The topological polar surface area (TPSA) is 15.3 Å². The van der Waals surface area contributed by atoms with Crippen molar-refractivity contribution in [3.63, 3.8) is 0 Å². The van der Waals surface area contributed by atoms with Gasteiger partial charge in [-0.15, -0.1) is 0 Å². The van der Waals surface area contributed by atoms with E-state index in [-0.39, 0.29) is 0 Å². The Morgan fingerprint density at radius 2 is 1.95 bits per heavy atom. The standard InChI is InChI=1S/C17H36N2/c1-5-17-11-7-6-8-13-19(17)16(4)10-9-12-18-14-15(2)3/h15-18H,5-14H2,1-4H3. The minimum absolute atomic E-state index is 0.767. The SMILES string of the molecule is CCC1CCCCCN1C(C)CCCNCC(C)C. The summed E-state index contributed by atoms with van der Waals surface area (Å²) in [6, 6.07) is 1.62. The Hall–Kier alpha value is -0.0800. The molecule has 2 heteroatoms. The first-order valence-electron chi connectivity index (χ1n) is 8.61. The van der Waals surface area contributed by atoms with Gasteiger partial charge in [0, 0.05) is 12.1 Å². The van der Waals surface area contributed by atoms with Crippen molar-refractivity contribution in [3.8, 4) is 0 Å². The van der Waals surface area contributed by atoms with E-state index in [1.54, 1.807) is 0 Å². The van der Waals surface area contributed by atoms with Crippen LogP contribution in [0.25, 0.3) is 0 Å². The van der Waals surface area contributed by atoms with Gasteiger partial charge in [-0.05, 0) is 64.6 Å². The van der Waals surface area contributed by atoms with Gasteiger partial charge in [0.05, 0.1) is 0 Å². The van der Waals surface area contributed by atoms with E-state index in [2.05, 4.69) is 37.9 Å². The molecule has 1 fully saturated rings. The maximum atomic E-state index is 3.56. The van der Waals surface area contributed by atoms with Crippen LogP contribution in [0.5, 0.6) is 0 Å². The third-order valence-corrected chi connectivity index (χ3v) is 4.49. The molecule has 1 aliphatic heterocycles. The van der Waals surface area contributed by atoms with Crippen LogP contribution in [0.2, 0.25) is 0 Å². The first kappa shape index (κ1) is 17.0. The minimum Gasteiger partial charge on any atom is -0.316 e. The van der Waals surface area contributed by atoms with Crippen molar-refractivity contribution >= 4 is 0 Å². The summed E-state index contributed by atoms with van der Waals surface area (Å²) in [6.07, 6.45) is 9.71. The monoisotopic (exact) mass is 268 g/mol. The number of hydrogen-bond acceptors (Lipinski definition) is 2. The van der Waals surface area contributed by atoms with Crippen LogP contribution in [0.1, 0.15) is 72.6 Å². The highest BCUT2D eigenvalue weighted by Gasteiger charge is 2.23. The smallest absolute Gasteiger partial charge is 0.00954 e. The number of likely N-dealkylation sites (tertiary alicyclic amines) is 1. The predicted molar refractivity (Wildman–Crippen MR) is 85.7 cm³/mol. The van der Waals surface area contributed by atoms with Crippen LogP contribution in [-0.4, -0.2) is 36.6 Å². The summed E-state index contributed by atoms with van der Waals surface area (Å²) in [7, 11) is 0. The summed E-state index contributed by atoms with van der Waals surface area (Å²) in [5.41, 5.74) is 0. The number of rotatable bonds is 8. The van der Waals surface area contributed by atoms with Crippen LogP contribution in [0, 0.1) is 5.92 Å². The molecule has 1 heterocycles. The Balaban J connectivity index is 2.23. The molecule has 1 N–H and O–H groups in total. The van der Waals surface area contributed by atoms with E-state index in [0.717, 1.165) is 24.5 Å². The number of nitrogens with one attached hydrogen (secondary N) is 1. The van der Waals surface area contributed by atoms with Gasteiger partial charge in [-0.3, -0.25) is 4.90 Å². The molecule has 0 amide bonds. The number of hydrogen-bond donors (Lipinski definition) is 1. The van der Waals surface area contributed by atoms with Gasteiger partial charge in [0.2, 0.25) is 0 Å². The molecule has 0 aromatic carbocycles. The molecule has 1 saturated heterocycles. The minimum atomic E-state index is 0.767. The molecule has 114 valence electrons. The van der Waals surface area contributed by atoms with Crippen molar-refractivity contribution in [1.29, 1.82) is 0 Å². The van der Waals surface area contributed by atoms with Crippen molar-refractivity contribution < 1.29 is 0 Å². The van der Waals surface area contributed by atoms with Crippen LogP contribution in [0.3, 0.4) is 0 Å². The molecule has 2 nitrogen and oxygen atoms in total. The Morgan fingerprint density at radius 3 is 2.63 bits per heavy atom. The fraction of sp³-hybridized carbons (Fsp3) is 1.00. The van der Waals surface area contributed by atoms with Gasteiger partial charge in [-0.1, -0.05) is 33.6 Å². The van der Waals surface area contributed by atoms with Gasteiger partial charge in [0.15, 0.2) is 0 Å². The van der Waals surface area contributed by atoms with Crippen molar-refractivity contribution in [2.24, 2.45) is 5.92 Å². The molecule has 1 aliphatic rings.